The summed E-state index contributed by atoms with van der Waals surface area (Å²) >= 11 is 6.48. The lowest BCUT2D eigenvalue weighted by molar-refractivity contribution is 0.668. The quantitative estimate of drug-likeness (QED) is 0.155. The third-order valence-corrected chi connectivity index (χ3v) is 25.4. The van der Waals surface area contributed by atoms with Crippen LogP contribution in [0.2, 0.25) is 5.02 Å². The summed E-state index contributed by atoms with van der Waals surface area (Å²) in [6.45, 7) is 0. The smallest absolute Gasteiger partial charge is 0.164 e. The van der Waals surface area contributed by atoms with Crippen LogP contribution in [-0.4, -0.2) is 43.3 Å². The summed E-state index contributed by atoms with van der Waals surface area (Å²) in [4.78, 5) is 30.1. The molecule has 18 aromatic carbocycles. The number of halogens is 1. The van der Waals surface area contributed by atoms with Crippen LogP contribution in [0.25, 0.3) is 249 Å². The van der Waals surface area contributed by atoms with Crippen LogP contribution < -0.4 is 0 Å². The minimum atomic E-state index is 0. The lowest BCUT2D eigenvalue weighted by atomic mass is 9.98. The normalized spacial score (nSPS) is 12.2. The highest BCUT2D eigenvalue weighted by atomic mass is 35.5. The number of furan rings is 2. The molecule has 0 saturated carbocycles. The van der Waals surface area contributed by atoms with E-state index in [4.69, 9.17) is 50.3 Å². The molecule has 12 heteroatoms. The van der Waals surface area contributed by atoms with Gasteiger partial charge in [0.2, 0.25) is 0 Å². The van der Waals surface area contributed by atoms with Crippen LogP contribution in [0, 0.1) is 0 Å². The standard InChI is InChI=1S/C55H31N5O.C29H17N.C27H16ClN3O.H2/c1-3-15-33(16-4-1)53-56-54(34-17-5-2-6-18-34)58-55(57-53)44-28-35(29-49-50(44)41-21-10-12-25-48(41)61-49)59-46-31-47-42(30-43(46)40-27-26-32-14-7-8-19-36(32)51(40)59)39-23-13-22-38-37-20-9-11-24-45(37)60(47)52(38)39;1-2-7-19-17(6-1)12-13-20-24-16-26-23-10-5-9-22-21-8-3-4-11-27(21)30(29(22)23)28(26)15-18(24)14-25(19)20;28-19-15-21(24-20-13-7-8-14-22(20)32-23(24)16-19)27-30-25(17-9-3-1-4-10-17)29-26(31-27)18-11-5-2-6-12-18;/h1-31H;1-13,15-16H,14H2;1-16H;1H/i;;;1+1. The molecule has 9 heterocycles. The summed E-state index contributed by atoms with van der Waals surface area (Å²) in [6, 6.07) is 132. The zero-order valence-electron chi connectivity index (χ0n) is 65.7. The van der Waals surface area contributed by atoms with E-state index in [1.165, 1.54) is 131 Å². The highest BCUT2D eigenvalue weighted by molar-refractivity contribution is 6.33. The van der Waals surface area contributed by atoms with E-state index in [0.29, 0.717) is 45.6 Å². The Morgan fingerprint density at radius 2 is 0.642 bits per heavy atom. The molecular weight excluding hydrogens is 1530 g/mol. The summed E-state index contributed by atoms with van der Waals surface area (Å²) < 4.78 is 20.3. The minimum absolute atomic E-state index is 0. The van der Waals surface area contributed by atoms with Crippen LogP contribution in [0.15, 0.2) is 385 Å². The maximum atomic E-state index is 6.80. The average molecular weight is 1590 g/mol. The third-order valence-electron chi connectivity index (χ3n) is 25.2. The number of rotatable bonds is 7. The van der Waals surface area contributed by atoms with Gasteiger partial charge >= 0.3 is 0 Å². The molecule has 123 heavy (non-hydrogen) atoms. The Kier molecular flexibility index (Phi) is 15.1. The Morgan fingerprint density at radius 3 is 1.19 bits per heavy atom. The van der Waals surface area contributed by atoms with Crippen molar-refractivity contribution in [2.75, 3.05) is 0 Å². The number of hydrogen-bond donors (Lipinski definition) is 0. The topological polar surface area (TPSA) is 117 Å². The third kappa shape index (κ3) is 10.6. The van der Waals surface area contributed by atoms with Gasteiger partial charge in [0.25, 0.3) is 0 Å². The first-order valence-corrected chi connectivity index (χ1v) is 41.8. The maximum absolute atomic E-state index is 6.80. The molecule has 0 fully saturated rings. The molecule has 0 amide bonds. The van der Waals surface area contributed by atoms with Crippen molar-refractivity contribution in [1.29, 1.82) is 0 Å². The Labute approximate surface area is 707 Å². The Bertz CT molecular complexity index is 8960. The molecule has 0 bridgehead atoms. The van der Waals surface area contributed by atoms with Crippen LogP contribution in [0.1, 0.15) is 12.6 Å². The van der Waals surface area contributed by atoms with E-state index < -0.39 is 0 Å². The second-order valence-electron chi connectivity index (χ2n) is 32.0. The van der Waals surface area contributed by atoms with Gasteiger partial charge in [-0.15, -0.1) is 0 Å². The van der Waals surface area contributed by atoms with Crippen molar-refractivity contribution in [2.45, 2.75) is 6.42 Å². The number of hydrogen-bond acceptors (Lipinski definition) is 8. The fourth-order valence-electron chi connectivity index (χ4n) is 19.9. The summed E-state index contributed by atoms with van der Waals surface area (Å²) in [5.41, 5.74) is 25.0. The van der Waals surface area contributed by atoms with E-state index in [2.05, 4.69) is 244 Å². The van der Waals surface area contributed by atoms with E-state index in [1.807, 2.05) is 146 Å². The van der Waals surface area contributed by atoms with Gasteiger partial charge in [0.1, 0.15) is 22.3 Å². The second kappa shape index (κ2) is 26.9. The average Bonchev–Trinajstić information content (AvgIpc) is 1.53. The zero-order chi connectivity index (χ0) is 80.6. The summed E-state index contributed by atoms with van der Waals surface area (Å²) in [5, 5.41) is 22.4. The predicted molar refractivity (Wildman–Crippen MR) is 507 cm³/mol. The largest absolute Gasteiger partial charge is 0.456 e. The number of para-hydroxylation sites is 6. The van der Waals surface area contributed by atoms with Crippen LogP contribution >= 0.6 is 11.6 Å². The molecule has 574 valence electrons. The van der Waals surface area contributed by atoms with Crippen LogP contribution in [0.4, 0.5) is 0 Å². The second-order valence-corrected chi connectivity index (χ2v) is 32.4. The Hall–Kier alpha value is -16.2. The first-order valence-electron chi connectivity index (χ1n) is 41.4. The van der Waals surface area contributed by atoms with Gasteiger partial charge < -0.3 is 22.2 Å². The van der Waals surface area contributed by atoms with E-state index in [0.717, 1.165) is 94.8 Å². The van der Waals surface area contributed by atoms with Crippen molar-refractivity contribution < 1.29 is 10.3 Å². The first kappa shape index (κ1) is 68.8. The van der Waals surface area contributed by atoms with Crippen molar-refractivity contribution in [3.8, 4) is 85.1 Å². The molecule has 1 aliphatic carbocycles. The van der Waals surface area contributed by atoms with Crippen molar-refractivity contribution in [3.63, 3.8) is 0 Å². The lowest BCUT2D eigenvalue weighted by Gasteiger charge is -2.14. The molecule has 0 radical (unpaired) electrons. The lowest BCUT2D eigenvalue weighted by Crippen LogP contribution is -2.02. The SMILES string of the molecule is Clc1cc(-c2nc(-c3ccccc3)nc(-c3ccccc3)n2)c2c(c1)oc1ccccc12.[2HH].c1ccc(-c2nc(-c3ccccc3)nc(-c3cc(-n4c5cc6c(cc5c5ccc7ccccc7c54)c4cccc5c7ccccc7n6c54)cc4oc5ccccc5c34)n2)cc1.c1ccc2c3c(ccc2c1)-c1cc2c4cccc5c6ccccc6n(c2cc1C3)c54. The minimum Gasteiger partial charge on any atom is -0.456 e. The Balaban J connectivity index is 0.000000112. The highest BCUT2D eigenvalue weighted by Gasteiger charge is 2.29. The summed E-state index contributed by atoms with van der Waals surface area (Å²) in [5.74, 6) is 3.56. The number of aromatic nitrogens is 9. The maximum Gasteiger partial charge on any atom is 0.164 e. The van der Waals surface area contributed by atoms with E-state index >= 15 is 0 Å². The molecule has 1 aliphatic rings. The van der Waals surface area contributed by atoms with Crippen molar-refractivity contribution in [1.82, 2.24) is 43.3 Å². The molecule has 9 aromatic heterocycles. The van der Waals surface area contributed by atoms with Gasteiger partial charge in [0.05, 0.1) is 49.8 Å². The molecule has 0 unspecified atom stereocenters. The molecule has 27 aromatic rings. The highest BCUT2D eigenvalue weighted by Crippen LogP contribution is 2.50. The number of nitrogens with zero attached hydrogens (tertiary/aromatic N) is 9. The molecular formula is C111H66ClN9O2. The van der Waals surface area contributed by atoms with Crippen molar-refractivity contribution in [2.24, 2.45) is 0 Å². The first-order chi connectivity index (χ1) is 60.9. The molecule has 0 spiro atoms. The zero-order valence-corrected chi connectivity index (χ0v) is 66.5. The monoisotopic (exact) mass is 1590 g/mol. The van der Waals surface area contributed by atoms with Gasteiger partial charge in [-0.2, -0.15) is 0 Å². The van der Waals surface area contributed by atoms with Gasteiger partial charge in [0.15, 0.2) is 34.9 Å². The van der Waals surface area contributed by atoms with Crippen molar-refractivity contribution in [3.05, 3.63) is 392 Å². The van der Waals surface area contributed by atoms with Crippen LogP contribution in [-0.2, 0) is 6.42 Å². The predicted octanol–water partition coefficient (Wildman–Crippen LogP) is 29.4. The van der Waals surface area contributed by atoms with E-state index in [-0.39, 0.29) is 1.43 Å². The molecule has 11 nitrogen and oxygen atoms in total. The fourth-order valence-corrected chi connectivity index (χ4v) is 20.1. The summed E-state index contributed by atoms with van der Waals surface area (Å²) in [6.07, 6.45) is 1.01. The molecule has 28 rings (SSSR count). The number of benzene rings is 18. The van der Waals surface area contributed by atoms with Gasteiger partial charge in [-0.05, 0) is 105 Å². The van der Waals surface area contributed by atoms with E-state index in [1.54, 1.807) is 0 Å². The van der Waals surface area contributed by atoms with Gasteiger partial charge in [-0.25, -0.2) is 29.9 Å². The molecule has 0 N–H and O–H groups in total. The molecule has 0 atom stereocenters. The van der Waals surface area contributed by atoms with Crippen LogP contribution in [0.5, 0.6) is 0 Å². The Morgan fingerprint density at radius 1 is 0.244 bits per heavy atom. The fraction of sp³-hybridized carbons (Fsp3) is 0.00901. The van der Waals surface area contributed by atoms with Gasteiger partial charge in [0, 0.05) is 133 Å². The molecule has 0 aliphatic heterocycles. The van der Waals surface area contributed by atoms with Gasteiger partial charge in [-0.3, -0.25) is 0 Å². The van der Waals surface area contributed by atoms with E-state index in [9.17, 15) is 0 Å². The van der Waals surface area contributed by atoms with Crippen molar-refractivity contribution >= 4 is 175 Å². The molecule has 0 saturated heterocycles. The summed E-state index contributed by atoms with van der Waals surface area (Å²) in [7, 11) is 0. The van der Waals surface area contributed by atoms with Crippen LogP contribution in [0.3, 0.4) is 0 Å². The van der Waals surface area contributed by atoms with Gasteiger partial charge in [-0.1, -0.05) is 315 Å². The number of fused-ring (bicyclic) bond motifs is 28.